The summed E-state index contributed by atoms with van der Waals surface area (Å²) in [5.41, 5.74) is 0. The van der Waals surface area contributed by atoms with Crippen LogP contribution < -0.4 is 15.2 Å². The molecule has 1 rings (SSSR count). The average molecular weight is 249 g/mol. The number of hydrogen-bond acceptors (Lipinski definition) is 2. The Morgan fingerprint density at radius 3 is 2.47 bits per heavy atom. The minimum Gasteiger partial charge on any atom is -0.214 e. The van der Waals surface area contributed by atoms with Crippen LogP contribution in [0.2, 0.25) is 0 Å². The van der Waals surface area contributed by atoms with Crippen molar-refractivity contribution < 1.29 is 8.42 Å². The fourth-order valence-corrected chi connectivity index (χ4v) is 2.38. The fourth-order valence-electron chi connectivity index (χ4n) is 1.47. The lowest BCUT2D eigenvalue weighted by Gasteiger charge is -2.03. The van der Waals surface area contributed by atoms with Crippen molar-refractivity contribution in [1.29, 1.82) is 0 Å². The predicted octanol–water partition coefficient (Wildman–Crippen LogP) is 0.496. The first-order valence-electron chi connectivity index (χ1n) is 5.05. The van der Waals surface area contributed by atoms with E-state index in [0.29, 0.717) is 5.22 Å². The highest BCUT2D eigenvalue weighted by Gasteiger charge is 2.12. The number of sulfonamides is 1. The van der Waals surface area contributed by atoms with E-state index >= 15 is 0 Å². The Balaban J connectivity index is 3.87. The third kappa shape index (κ3) is 2.93. The Kier molecular flexibility index (Phi) is 4.43. The van der Waals surface area contributed by atoms with Gasteiger partial charge in [0.25, 0.3) is 0 Å². The molecule has 3 nitrogen and oxygen atoms in total. The maximum Gasteiger partial charge on any atom is 0.240 e. The first-order valence-corrected chi connectivity index (χ1v) is 6.53. The third-order valence-electron chi connectivity index (χ3n) is 2.27. The van der Waals surface area contributed by atoms with Crippen molar-refractivity contribution in [3.8, 4) is 0 Å². The molecule has 90 valence electrons. The molecule has 0 aliphatic carbocycles. The summed E-state index contributed by atoms with van der Waals surface area (Å²) < 4.78 is 25.9. The van der Waals surface area contributed by atoms with Gasteiger partial charge in [-0.05, 0) is 18.3 Å². The lowest BCUT2D eigenvalue weighted by atomic mass is 10.2. The van der Waals surface area contributed by atoms with Crippen molar-refractivity contribution in [2.24, 2.45) is 0 Å². The van der Waals surface area contributed by atoms with Crippen LogP contribution in [0.3, 0.4) is 0 Å². The van der Waals surface area contributed by atoms with Crippen LogP contribution in [0.1, 0.15) is 0 Å². The second-order valence-corrected chi connectivity index (χ2v) is 5.12. The Morgan fingerprint density at radius 1 is 1.29 bits per heavy atom. The largest absolute Gasteiger partial charge is 0.240 e. The van der Waals surface area contributed by atoms with Crippen LogP contribution in [0.25, 0.3) is 11.0 Å². The molecule has 1 N–H and O–H groups in total. The predicted molar refractivity (Wildman–Crippen MR) is 71.9 cm³/mol. The van der Waals surface area contributed by atoms with Crippen LogP contribution in [0.4, 0.5) is 0 Å². The van der Waals surface area contributed by atoms with Gasteiger partial charge in [0.15, 0.2) is 0 Å². The lowest BCUT2D eigenvalue weighted by molar-refractivity contribution is 0.598. The Morgan fingerprint density at radius 2 is 1.94 bits per heavy atom. The smallest absolute Gasteiger partial charge is 0.214 e. The van der Waals surface area contributed by atoms with Gasteiger partial charge < -0.3 is 0 Å². The number of hydrogen-bond donors (Lipinski definition) is 1. The number of benzene rings is 1. The molecule has 0 heterocycles. The first-order chi connectivity index (χ1) is 8.06. The maximum absolute atomic E-state index is 11.8. The molecule has 0 spiro atoms. The topological polar surface area (TPSA) is 46.2 Å². The van der Waals surface area contributed by atoms with E-state index in [9.17, 15) is 8.42 Å². The molecule has 0 radical (unpaired) electrons. The molecule has 0 unspecified atom stereocenters. The summed E-state index contributed by atoms with van der Waals surface area (Å²) in [6, 6.07) is 7.18. The number of nitrogens with one attached hydrogen (secondary N) is 1. The van der Waals surface area contributed by atoms with Gasteiger partial charge in [-0.1, -0.05) is 49.6 Å². The first kappa shape index (κ1) is 13.4. The van der Waals surface area contributed by atoms with Crippen molar-refractivity contribution in [3.05, 3.63) is 60.0 Å². The summed E-state index contributed by atoms with van der Waals surface area (Å²) in [6.45, 7) is 7.17. The highest BCUT2D eigenvalue weighted by atomic mass is 32.2. The van der Waals surface area contributed by atoms with Crippen LogP contribution in [0.5, 0.6) is 0 Å². The number of rotatable bonds is 4. The zero-order valence-electron chi connectivity index (χ0n) is 9.68. The molecule has 17 heavy (non-hydrogen) atoms. The van der Waals surface area contributed by atoms with Crippen molar-refractivity contribution in [2.45, 2.75) is 0 Å². The van der Waals surface area contributed by atoms with E-state index < -0.39 is 10.0 Å². The molecule has 0 aliphatic rings. The monoisotopic (exact) mass is 249 g/mol. The van der Waals surface area contributed by atoms with Crippen LogP contribution in [0.15, 0.2) is 49.6 Å². The Labute approximate surface area is 102 Å². The van der Waals surface area contributed by atoms with E-state index in [1.165, 1.54) is 13.1 Å². The highest BCUT2D eigenvalue weighted by Crippen LogP contribution is 2.02. The zero-order chi connectivity index (χ0) is 12.9. The van der Waals surface area contributed by atoms with Gasteiger partial charge in [0.1, 0.15) is 0 Å². The van der Waals surface area contributed by atoms with E-state index in [2.05, 4.69) is 17.9 Å². The molecule has 0 atom stereocenters. The summed E-state index contributed by atoms with van der Waals surface area (Å²) in [4.78, 5) is 0.161. The summed E-state index contributed by atoms with van der Waals surface area (Å²) in [5, 5.41) is 1.40. The fraction of sp³-hybridized carbons (Fsp3) is 0.0769. The van der Waals surface area contributed by atoms with E-state index in [0.717, 1.165) is 5.22 Å². The molecule has 0 aromatic heterocycles. The third-order valence-corrected chi connectivity index (χ3v) is 3.77. The molecule has 1 aromatic carbocycles. The summed E-state index contributed by atoms with van der Waals surface area (Å²) in [5.74, 6) is 0. The van der Waals surface area contributed by atoms with Crippen LogP contribution >= 0.6 is 0 Å². The van der Waals surface area contributed by atoms with Crippen LogP contribution in [-0.2, 0) is 10.0 Å². The minimum atomic E-state index is -3.51. The highest BCUT2D eigenvalue weighted by molar-refractivity contribution is 7.98. The van der Waals surface area contributed by atoms with E-state index in [1.54, 1.807) is 24.3 Å². The van der Waals surface area contributed by atoms with Gasteiger partial charge >= 0.3 is 0 Å². The average Bonchev–Trinajstić information content (AvgIpc) is 2.32. The molecular weight excluding hydrogens is 234 g/mol. The molecule has 0 bridgehead atoms. The van der Waals surface area contributed by atoms with Gasteiger partial charge in [-0.25, -0.2) is 13.1 Å². The maximum atomic E-state index is 11.8. The molecule has 0 fully saturated rings. The second-order valence-electron chi connectivity index (χ2n) is 3.27. The van der Waals surface area contributed by atoms with Crippen molar-refractivity contribution in [3.63, 3.8) is 0 Å². The van der Waals surface area contributed by atoms with Crippen LogP contribution in [-0.4, -0.2) is 15.5 Å². The van der Waals surface area contributed by atoms with Gasteiger partial charge in [0.2, 0.25) is 10.0 Å². The quantitative estimate of drug-likeness (QED) is 0.844. The van der Waals surface area contributed by atoms with Gasteiger partial charge in [-0.15, -0.1) is 0 Å². The van der Waals surface area contributed by atoms with Gasteiger partial charge in [0, 0.05) is 5.22 Å². The molecule has 0 amide bonds. The van der Waals surface area contributed by atoms with Crippen molar-refractivity contribution >= 4 is 21.0 Å². The van der Waals surface area contributed by atoms with Gasteiger partial charge in [-0.2, -0.15) is 0 Å². The van der Waals surface area contributed by atoms with Gasteiger partial charge in [-0.3, -0.25) is 0 Å². The summed E-state index contributed by atoms with van der Waals surface area (Å²) >= 11 is 0. The molecule has 0 aliphatic heterocycles. The molecule has 0 saturated carbocycles. The second kappa shape index (κ2) is 5.61. The lowest BCUT2D eigenvalue weighted by Crippen LogP contribution is -2.32. The zero-order valence-corrected chi connectivity index (χ0v) is 10.5. The molecular formula is C13H15NO2S. The summed E-state index contributed by atoms with van der Waals surface area (Å²) in [7, 11) is -2.14. The Bertz CT molecular complexity index is 642. The van der Waals surface area contributed by atoms with E-state index in [4.69, 9.17) is 0 Å². The Hall–Kier alpha value is -1.65. The summed E-state index contributed by atoms with van der Waals surface area (Å²) in [6.07, 6.45) is 4.71. The van der Waals surface area contributed by atoms with E-state index in [-0.39, 0.29) is 4.91 Å². The molecule has 4 heteroatoms. The molecule has 1 aromatic rings. The van der Waals surface area contributed by atoms with E-state index in [1.807, 2.05) is 12.1 Å². The molecule has 0 saturated heterocycles. The van der Waals surface area contributed by atoms with Gasteiger partial charge in [0.05, 0.1) is 4.91 Å². The van der Waals surface area contributed by atoms with Crippen molar-refractivity contribution in [2.75, 3.05) is 7.05 Å². The SMILES string of the molecule is C=C/C=c1/cccc/c1=C(/C=C)S(=O)(=O)NC. The number of allylic oxidation sites excluding steroid dienone is 1. The minimum absolute atomic E-state index is 0.161. The van der Waals surface area contributed by atoms with Crippen LogP contribution in [0, 0.1) is 0 Å². The van der Waals surface area contributed by atoms with Crippen molar-refractivity contribution in [1.82, 2.24) is 4.72 Å². The normalized spacial score (nSPS) is 14.3. The standard InChI is InChI=1S/C13H15NO2S/c1-4-8-11-9-6-7-10-12(11)13(5-2)17(15,16)14-3/h4-10,14H,1-2H2,3H3/b11-8-,13-12+.